The molecule has 0 saturated carbocycles. The molecule has 3 rings (SSSR count). The van der Waals surface area contributed by atoms with Crippen molar-refractivity contribution in [1.82, 2.24) is 14.7 Å². The minimum Gasteiger partial charge on any atom is -0.486 e. The number of ether oxygens (including phenoxy) is 2. The Morgan fingerprint density at radius 3 is 2.32 bits per heavy atom. The van der Waals surface area contributed by atoms with Crippen LogP contribution in [-0.4, -0.2) is 92.8 Å². The summed E-state index contributed by atoms with van der Waals surface area (Å²) in [6.07, 6.45) is 1.22. The van der Waals surface area contributed by atoms with Gasteiger partial charge in [0.25, 0.3) is 4.83 Å². The van der Waals surface area contributed by atoms with E-state index in [1.807, 2.05) is 34.6 Å². The first-order chi connectivity index (χ1) is 16.0. The summed E-state index contributed by atoms with van der Waals surface area (Å²) in [6.45, 7) is 17.8. The molecule has 0 atom stereocenters. The highest BCUT2D eigenvalue weighted by Gasteiger charge is 2.28. The number of aromatic nitrogens is 1. The topological polar surface area (TPSA) is 85.4 Å². The summed E-state index contributed by atoms with van der Waals surface area (Å²) in [7, 11) is 4.26. The van der Waals surface area contributed by atoms with E-state index in [9.17, 15) is 4.79 Å². The normalized spacial score (nSPS) is 15.9. The molecule has 0 spiro atoms. The van der Waals surface area contributed by atoms with Crippen LogP contribution in [0.25, 0.3) is 10.2 Å². The molecule has 0 aromatic carbocycles. The summed E-state index contributed by atoms with van der Waals surface area (Å²) < 4.78 is 11.8. The van der Waals surface area contributed by atoms with Crippen LogP contribution in [0.2, 0.25) is 0 Å². The van der Waals surface area contributed by atoms with Crippen LogP contribution >= 0.6 is 11.3 Å². The van der Waals surface area contributed by atoms with Crippen LogP contribution in [0, 0.1) is 13.8 Å². The highest BCUT2D eigenvalue weighted by atomic mass is 32.1. The summed E-state index contributed by atoms with van der Waals surface area (Å²) in [5.41, 5.74) is 8.19. The van der Waals surface area contributed by atoms with Gasteiger partial charge in [0.1, 0.15) is 17.1 Å². The van der Waals surface area contributed by atoms with Crippen molar-refractivity contribution >= 4 is 33.2 Å². The van der Waals surface area contributed by atoms with Crippen molar-refractivity contribution in [2.75, 3.05) is 72.2 Å². The highest BCUT2D eigenvalue weighted by molar-refractivity contribution is 7.20. The van der Waals surface area contributed by atoms with E-state index in [1.54, 1.807) is 0 Å². The first-order valence-electron chi connectivity index (χ1n) is 12.2. The molecule has 1 aliphatic rings. The zero-order valence-electron chi connectivity index (χ0n) is 21.9. The summed E-state index contributed by atoms with van der Waals surface area (Å²) in [4.78, 5) is 24.6. The number of fused-ring (bicyclic) bond motifs is 1. The fourth-order valence-corrected chi connectivity index (χ4v) is 5.45. The van der Waals surface area contributed by atoms with E-state index in [0.717, 1.165) is 66.5 Å². The number of hydrogen-bond donors (Lipinski definition) is 1. The zero-order chi connectivity index (χ0) is 25.0. The average molecular weight is 493 g/mol. The average Bonchev–Trinajstić information content (AvgIpc) is 3.06. The third-order valence-corrected chi connectivity index (χ3v) is 7.19. The number of rotatable bonds is 9. The maximum atomic E-state index is 12.6. The molecule has 1 saturated heterocycles. The number of nitrogens with zero attached hydrogens (tertiary/aromatic N) is 3. The molecule has 0 aliphatic carbocycles. The second-order valence-corrected chi connectivity index (χ2v) is 11.5. The maximum absolute atomic E-state index is 12.6. The molecule has 0 radical (unpaired) electrons. The van der Waals surface area contributed by atoms with E-state index in [2.05, 4.69) is 33.8 Å². The molecule has 1 aliphatic heterocycles. The Morgan fingerprint density at radius 2 is 1.74 bits per heavy atom. The van der Waals surface area contributed by atoms with Crippen LogP contribution in [0.1, 0.15) is 48.1 Å². The number of aromatic amines is 1. The van der Waals surface area contributed by atoms with E-state index in [1.165, 1.54) is 24.3 Å². The number of nitrogens with one attached hydrogen (secondary N) is 1. The monoisotopic (exact) mass is 492 g/mol. The fraction of sp³-hybridized carbons (Fsp3) is 0.680. The lowest BCUT2D eigenvalue weighted by Gasteiger charge is -2.34. The van der Waals surface area contributed by atoms with Gasteiger partial charge < -0.3 is 25.0 Å². The van der Waals surface area contributed by atoms with Crippen molar-refractivity contribution in [3.63, 3.8) is 0 Å². The smallest absolute Gasteiger partial charge is 0.351 e. The molecule has 2 aromatic heterocycles. The minimum atomic E-state index is -0.569. The largest absolute Gasteiger partial charge is 0.486 e. The number of piperazine rings is 1. The Bertz CT molecular complexity index is 991. The van der Waals surface area contributed by atoms with Crippen molar-refractivity contribution in [3.05, 3.63) is 16.1 Å². The van der Waals surface area contributed by atoms with Gasteiger partial charge in [0.2, 0.25) is 5.69 Å². The van der Waals surface area contributed by atoms with E-state index in [0.29, 0.717) is 17.2 Å². The standard InChI is InChI=1S/C25H41N5O3S/c1-17-19-20(26)22(24(31)33-25(3,4)5)34-23(19)27-18(2)21(17)32-16-15-30-13-11-29(12-14-30)10-8-9-28(6)7/h8-16,26H2,1-7H3/p+1. The predicted molar refractivity (Wildman–Crippen MR) is 139 cm³/mol. The van der Waals surface area contributed by atoms with Gasteiger partial charge >= 0.3 is 5.97 Å². The quantitative estimate of drug-likeness (QED) is 0.539. The van der Waals surface area contributed by atoms with Gasteiger partial charge in [0, 0.05) is 45.2 Å². The van der Waals surface area contributed by atoms with Gasteiger partial charge in [-0.1, -0.05) is 11.3 Å². The van der Waals surface area contributed by atoms with E-state index >= 15 is 0 Å². The fourth-order valence-electron chi connectivity index (χ4n) is 4.34. The molecule has 190 valence electrons. The SMILES string of the molecule is Cc1[nH+]c2sc(C(=O)OC(C)(C)C)c(N)c2c(C)c1OCCN1CCN(CCCN(C)C)CC1. The van der Waals surface area contributed by atoms with Crippen LogP contribution in [0.5, 0.6) is 5.75 Å². The number of carbonyl (C=O) groups is 1. The lowest BCUT2D eigenvalue weighted by molar-refractivity contribution is -0.353. The van der Waals surface area contributed by atoms with Gasteiger partial charge in [-0.05, 0) is 61.3 Å². The van der Waals surface area contributed by atoms with E-state index < -0.39 is 5.60 Å². The van der Waals surface area contributed by atoms with Crippen molar-refractivity contribution in [1.29, 1.82) is 0 Å². The molecule has 3 heterocycles. The Hall–Kier alpha value is -1.94. The summed E-state index contributed by atoms with van der Waals surface area (Å²) in [5, 5.41) is 0.845. The summed E-state index contributed by atoms with van der Waals surface area (Å²) in [6, 6.07) is 0. The van der Waals surface area contributed by atoms with Crippen LogP contribution < -0.4 is 15.5 Å². The Kier molecular flexibility index (Phi) is 8.78. The highest BCUT2D eigenvalue weighted by Crippen LogP contribution is 2.38. The maximum Gasteiger partial charge on any atom is 0.351 e. The third-order valence-electron chi connectivity index (χ3n) is 6.09. The third kappa shape index (κ3) is 6.81. The van der Waals surface area contributed by atoms with Gasteiger partial charge in [0.05, 0.1) is 11.1 Å². The molecule has 1 fully saturated rings. The first-order valence-corrected chi connectivity index (χ1v) is 13.0. The molecule has 34 heavy (non-hydrogen) atoms. The summed E-state index contributed by atoms with van der Waals surface area (Å²) >= 11 is 1.34. The molecule has 0 unspecified atom stereocenters. The Morgan fingerprint density at radius 1 is 1.12 bits per heavy atom. The number of carbonyl (C=O) groups excluding carboxylic acids is 1. The van der Waals surface area contributed by atoms with Crippen LogP contribution in [0.4, 0.5) is 5.69 Å². The van der Waals surface area contributed by atoms with Crippen LogP contribution in [-0.2, 0) is 4.74 Å². The molecule has 3 N–H and O–H groups in total. The minimum absolute atomic E-state index is 0.389. The number of pyridine rings is 1. The van der Waals surface area contributed by atoms with Crippen molar-refractivity contribution in [2.24, 2.45) is 0 Å². The predicted octanol–water partition coefficient (Wildman–Crippen LogP) is 2.82. The van der Waals surface area contributed by atoms with Gasteiger partial charge in [0.15, 0.2) is 5.75 Å². The molecule has 9 heteroatoms. The van der Waals surface area contributed by atoms with E-state index in [4.69, 9.17) is 15.2 Å². The second kappa shape index (κ2) is 11.2. The molecular formula is C25H42N5O3S+. The lowest BCUT2D eigenvalue weighted by atomic mass is 10.1. The number of aryl methyl sites for hydroxylation is 2. The molecule has 0 bridgehead atoms. The molecule has 0 amide bonds. The Labute approximate surface area is 208 Å². The Balaban J connectivity index is 1.59. The number of esters is 1. The molecule has 2 aromatic rings. The number of hydrogen-bond acceptors (Lipinski definition) is 8. The van der Waals surface area contributed by atoms with Crippen LogP contribution in [0.15, 0.2) is 0 Å². The number of nitrogens with two attached hydrogens (primary N) is 1. The van der Waals surface area contributed by atoms with Gasteiger partial charge in [-0.25, -0.2) is 4.79 Å². The van der Waals surface area contributed by atoms with Crippen molar-refractivity contribution < 1.29 is 19.3 Å². The van der Waals surface area contributed by atoms with Crippen LogP contribution in [0.3, 0.4) is 0 Å². The number of anilines is 1. The molecule has 8 nitrogen and oxygen atoms in total. The zero-order valence-corrected chi connectivity index (χ0v) is 22.7. The van der Waals surface area contributed by atoms with Gasteiger partial charge in [-0.15, -0.1) is 0 Å². The van der Waals surface area contributed by atoms with Crippen molar-refractivity contribution in [3.8, 4) is 5.75 Å². The number of H-pyrrole nitrogens is 1. The van der Waals surface area contributed by atoms with Crippen molar-refractivity contribution in [2.45, 2.75) is 46.6 Å². The molecular weight excluding hydrogens is 450 g/mol. The second-order valence-electron chi connectivity index (χ2n) is 10.4. The number of nitrogen functional groups attached to an aromatic ring is 1. The lowest BCUT2D eigenvalue weighted by Crippen LogP contribution is -2.47. The van der Waals surface area contributed by atoms with E-state index in [-0.39, 0.29) is 5.97 Å². The number of thiophene rings is 1. The van der Waals surface area contributed by atoms with Gasteiger partial charge in [-0.2, -0.15) is 4.98 Å². The summed E-state index contributed by atoms with van der Waals surface area (Å²) in [5.74, 6) is 0.426. The first kappa shape index (κ1) is 26.7. The van der Waals surface area contributed by atoms with Gasteiger partial charge in [-0.3, -0.25) is 4.90 Å².